The Kier molecular flexibility index (Phi) is 3.79. The summed E-state index contributed by atoms with van der Waals surface area (Å²) in [6, 6.07) is 9.91. The minimum atomic E-state index is 0.108. The van der Waals surface area contributed by atoms with Crippen LogP contribution in [0.1, 0.15) is 13.8 Å². The number of hydrogen-bond donors (Lipinski definition) is 1. The fourth-order valence-corrected chi connectivity index (χ4v) is 2.19. The minimum absolute atomic E-state index is 0.108. The normalized spacial score (nSPS) is 17.3. The van der Waals surface area contributed by atoms with E-state index in [9.17, 15) is 4.79 Å². The first-order valence-electron chi connectivity index (χ1n) is 6.31. The standard InChI is InChI=1S/C14H20N2O/c1-3-16(13-7-5-4-6-8-13)14(17)11(2)12-9-15-10-12/h4-8,11-12,15H,3,9-10H2,1-2H3. The first kappa shape index (κ1) is 12.1. The third-order valence-electron chi connectivity index (χ3n) is 3.56. The highest BCUT2D eigenvalue weighted by Gasteiger charge is 2.31. The van der Waals surface area contributed by atoms with E-state index in [0.29, 0.717) is 5.92 Å². The van der Waals surface area contributed by atoms with Crippen molar-refractivity contribution in [2.75, 3.05) is 24.5 Å². The Morgan fingerprint density at radius 2 is 2.06 bits per heavy atom. The van der Waals surface area contributed by atoms with Gasteiger partial charge in [-0.05, 0) is 38.1 Å². The van der Waals surface area contributed by atoms with E-state index >= 15 is 0 Å². The SMILES string of the molecule is CCN(C(=O)C(C)C1CNC1)c1ccccc1. The molecule has 0 radical (unpaired) electrons. The zero-order valence-corrected chi connectivity index (χ0v) is 10.5. The van der Waals surface area contributed by atoms with Crippen LogP contribution in [0.3, 0.4) is 0 Å². The van der Waals surface area contributed by atoms with Crippen LogP contribution in [0.4, 0.5) is 5.69 Å². The summed E-state index contributed by atoms with van der Waals surface area (Å²) in [6.07, 6.45) is 0. The molecule has 1 unspecified atom stereocenters. The van der Waals surface area contributed by atoms with Crippen LogP contribution >= 0.6 is 0 Å². The maximum absolute atomic E-state index is 12.4. The molecule has 1 aliphatic rings. The van der Waals surface area contributed by atoms with Crippen LogP contribution in [-0.2, 0) is 4.79 Å². The summed E-state index contributed by atoms with van der Waals surface area (Å²) in [6.45, 7) is 6.74. The molecular formula is C14H20N2O. The van der Waals surface area contributed by atoms with Gasteiger partial charge in [-0.25, -0.2) is 0 Å². The number of benzene rings is 1. The van der Waals surface area contributed by atoms with Crippen LogP contribution in [0.25, 0.3) is 0 Å². The summed E-state index contributed by atoms with van der Waals surface area (Å²) < 4.78 is 0. The zero-order valence-electron chi connectivity index (χ0n) is 10.5. The van der Waals surface area contributed by atoms with Crippen molar-refractivity contribution in [3.63, 3.8) is 0 Å². The number of hydrogen-bond acceptors (Lipinski definition) is 2. The maximum atomic E-state index is 12.4. The highest BCUT2D eigenvalue weighted by molar-refractivity contribution is 5.95. The number of carbonyl (C=O) groups is 1. The second-order valence-corrected chi connectivity index (χ2v) is 4.63. The molecule has 0 bridgehead atoms. The quantitative estimate of drug-likeness (QED) is 0.860. The highest BCUT2D eigenvalue weighted by Crippen LogP contribution is 2.22. The van der Waals surface area contributed by atoms with Gasteiger partial charge in [0.25, 0.3) is 0 Å². The van der Waals surface area contributed by atoms with Gasteiger partial charge in [-0.3, -0.25) is 4.79 Å². The van der Waals surface area contributed by atoms with Crippen LogP contribution in [0.15, 0.2) is 30.3 Å². The van der Waals surface area contributed by atoms with Crippen molar-refractivity contribution in [1.82, 2.24) is 5.32 Å². The molecule has 17 heavy (non-hydrogen) atoms. The number of anilines is 1. The molecule has 92 valence electrons. The van der Waals surface area contributed by atoms with Gasteiger partial charge in [0.05, 0.1) is 0 Å². The smallest absolute Gasteiger partial charge is 0.230 e. The van der Waals surface area contributed by atoms with Crippen molar-refractivity contribution in [2.24, 2.45) is 11.8 Å². The molecule has 3 heteroatoms. The highest BCUT2D eigenvalue weighted by atomic mass is 16.2. The van der Waals surface area contributed by atoms with Crippen molar-refractivity contribution in [3.05, 3.63) is 30.3 Å². The number of amides is 1. The largest absolute Gasteiger partial charge is 0.316 e. The predicted molar refractivity (Wildman–Crippen MR) is 70.0 cm³/mol. The Hall–Kier alpha value is -1.35. The monoisotopic (exact) mass is 232 g/mol. The lowest BCUT2D eigenvalue weighted by Gasteiger charge is -2.34. The van der Waals surface area contributed by atoms with Gasteiger partial charge in [0.1, 0.15) is 0 Å². The van der Waals surface area contributed by atoms with Gasteiger partial charge < -0.3 is 10.2 Å². The average Bonchev–Trinajstić information content (AvgIpc) is 2.29. The minimum Gasteiger partial charge on any atom is -0.316 e. The summed E-state index contributed by atoms with van der Waals surface area (Å²) in [5.41, 5.74) is 0.999. The van der Waals surface area contributed by atoms with E-state index in [4.69, 9.17) is 0 Å². The fourth-order valence-electron chi connectivity index (χ4n) is 2.19. The molecule has 0 aromatic heterocycles. The second-order valence-electron chi connectivity index (χ2n) is 4.63. The van der Waals surface area contributed by atoms with Gasteiger partial charge in [-0.1, -0.05) is 25.1 Å². The van der Waals surface area contributed by atoms with E-state index in [0.717, 1.165) is 25.3 Å². The number of nitrogens with one attached hydrogen (secondary N) is 1. The van der Waals surface area contributed by atoms with E-state index in [1.165, 1.54) is 0 Å². The summed E-state index contributed by atoms with van der Waals surface area (Å²) in [5.74, 6) is 0.849. The van der Waals surface area contributed by atoms with Crippen molar-refractivity contribution < 1.29 is 4.79 Å². The Morgan fingerprint density at radius 3 is 2.53 bits per heavy atom. The molecule has 1 N–H and O–H groups in total. The fraction of sp³-hybridized carbons (Fsp3) is 0.500. The van der Waals surface area contributed by atoms with Crippen molar-refractivity contribution in [1.29, 1.82) is 0 Å². The predicted octanol–water partition coefficient (Wildman–Crippen LogP) is 1.90. The van der Waals surface area contributed by atoms with Gasteiger partial charge >= 0.3 is 0 Å². The van der Waals surface area contributed by atoms with E-state index in [2.05, 4.69) is 5.32 Å². The maximum Gasteiger partial charge on any atom is 0.230 e. The van der Waals surface area contributed by atoms with Crippen molar-refractivity contribution in [3.8, 4) is 0 Å². The molecule has 3 nitrogen and oxygen atoms in total. The molecule has 1 aromatic carbocycles. The Morgan fingerprint density at radius 1 is 1.41 bits per heavy atom. The van der Waals surface area contributed by atoms with Gasteiger partial charge in [0, 0.05) is 18.2 Å². The lowest BCUT2D eigenvalue weighted by Crippen LogP contribution is -2.50. The summed E-state index contributed by atoms with van der Waals surface area (Å²) >= 11 is 0. The van der Waals surface area contributed by atoms with Crippen molar-refractivity contribution in [2.45, 2.75) is 13.8 Å². The van der Waals surface area contributed by atoms with Crippen LogP contribution in [0, 0.1) is 11.8 Å². The Balaban J connectivity index is 2.10. The van der Waals surface area contributed by atoms with E-state index < -0.39 is 0 Å². The van der Waals surface area contributed by atoms with E-state index in [1.807, 2.05) is 49.1 Å². The first-order valence-corrected chi connectivity index (χ1v) is 6.31. The molecular weight excluding hydrogens is 212 g/mol. The summed E-state index contributed by atoms with van der Waals surface area (Å²) in [4.78, 5) is 14.3. The molecule has 0 spiro atoms. The van der Waals surface area contributed by atoms with Crippen LogP contribution in [0.2, 0.25) is 0 Å². The molecule has 1 fully saturated rings. The number of carbonyl (C=O) groups excluding carboxylic acids is 1. The Labute approximate surface area is 103 Å². The lowest BCUT2D eigenvalue weighted by molar-refractivity contribution is -0.124. The van der Waals surface area contributed by atoms with Crippen LogP contribution < -0.4 is 10.2 Å². The molecule has 1 aliphatic heterocycles. The van der Waals surface area contributed by atoms with Crippen LogP contribution in [-0.4, -0.2) is 25.5 Å². The van der Waals surface area contributed by atoms with Crippen LogP contribution in [0.5, 0.6) is 0 Å². The second kappa shape index (κ2) is 5.32. The Bertz CT molecular complexity index is 373. The summed E-state index contributed by atoms with van der Waals surface area (Å²) in [7, 11) is 0. The number of nitrogens with zero attached hydrogens (tertiary/aromatic N) is 1. The molecule has 0 aliphatic carbocycles. The van der Waals surface area contributed by atoms with E-state index in [1.54, 1.807) is 0 Å². The molecule has 1 amide bonds. The topological polar surface area (TPSA) is 32.3 Å². The molecule has 2 rings (SSSR count). The third-order valence-corrected chi connectivity index (χ3v) is 3.56. The van der Waals surface area contributed by atoms with Gasteiger partial charge in [0.15, 0.2) is 0 Å². The first-order chi connectivity index (χ1) is 8.24. The average molecular weight is 232 g/mol. The lowest BCUT2D eigenvalue weighted by atomic mass is 9.88. The zero-order chi connectivity index (χ0) is 12.3. The van der Waals surface area contributed by atoms with Gasteiger partial charge in [-0.2, -0.15) is 0 Å². The van der Waals surface area contributed by atoms with Crippen molar-refractivity contribution >= 4 is 11.6 Å². The summed E-state index contributed by atoms with van der Waals surface area (Å²) in [5, 5.41) is 3.22. The molecule has 0 saturated carbocycles. The number of para-hydroxylation sites is 1. The number of rotatable bonds is 4. The molecule has 1 saturated heterocycles. The molecule has 1 atom stereocenters. The van der Waals surface area contributed by atoms with Gasteiger partial charge in [-0.15, -0.1) is 0 Å². The third kappa shape index (κ3) is 2.50. The van der Waals surface area contributed by atoms with E-state index in [-0.39, 0.29) is 11.8 Å². The molecule has 1 aromatic rings. The van der Waals surface area contributed by atoms with Gasteiger partial charge in [0.2, 0.25) is 5.91 Å². The molecule has 1 heterocycles.